The first-order valence-electron chi connectivity index (χ1n) is 5.08. The number of nitrogens with one attached hydrogen (secondary N) is 1. The molecule has 0 fully saturated rings. The van der Waals surface area contributed by atoms with Crippen LogP contribution in [-0.2, 0) is 13.1 Å². The van der Waals surface area contributed by atoms with Crippen molar-refractivity contribution < 1.29 is 5.11 Å². The molecule has 2 N–H and O–H groups in total. The predicted octanol–water partition coefficient (Wildman–Crippen LogP) is 0.621. The van der Waals surface area contributed by atoms with E-state index < -0.39 is 0 Å². The first-order valence-corrected chi connectivity index (χ1v) is 5.08. The van der Waals surface area contributed by atoms with Crippen molar-refractivity contribution in [1.29, 1.82) is 0 Å². The summed E-state index contributed by atoms with van der Waals surface area (Å²) in [4.78, 5) is 4.26. The minimum atomic E-state index is 0.223. The average molecular weight is 197 g/mol. The van der Waals surface area contributed by atoms with Crippen molar-refractivity contribution in [2.75, 3.05) is 13.2 Å². The van der Waals surface area contributed by atoms with Crippen LogP contribution in [0.2, 0.25) is 0 Å². The van der Waals surface area contributed by atoms with Crippen LogP contribution in [0, 0.1) is 5.92 Å². The summed E-state index contributed by atoms with van der Waals surface area (Å²) in [6, 6.07) is 0. The molecule has 0 aliphatic carbocycles. The van der Waals surface area contributed by atoms with Crippen molar-refractivity contribution in [2.45, 2.75) is 26.9 Å². The van der Waals surface area contributed by atoms with Gasteiger partial charge in [0.15, 0.2) is 0 Å². The molecule has 0 aliphatic heterocycles. The summed E-state index contributed by atoms with van der Waals surface area (Å²) in [6.07, 6.45) is 3.84. The van der Waals surface area contributed by atoms with Crippen LogP contribution < -0.4 is 5.32 Å². The fourth-order valence-electron chi connectivity index (χ4n) is 1.27. The molecule has 0 saturated heterocycles. The van der Waals surface area contributed by atoms with E-state index in [1.54, 1.807) is 0 Å². The van der Waals surface area contributed by atoms with Gasteiger partial charge < -0.3 is 15.0 Å². The Morgan fingerprint density at radius 1 is 1.64 bits per heavy atom. The third-order valence-electron chi connectivity index (χ3n) is 2.08. The molecule has 14 heavy (non-hydrogen) atoms. The maximum absolute atomic E-state index is 8.90. The standard InChI is InChI=1S/C10H19N3O/c1-3-11-4-10-6-13(8-12-10)5-9(2)7-14/h6,8-9,11,14H,3-5,7H2,1-2H3. The Hall–Kier alpha value is -0.870. The molecule has 0 saturated carbocycles. The Kier molecular flexibility index (Phi) is 4.62. The Bertz CT molecular complexity index is 260. The van der Waals surface area contributed by atoms with Gasteiger partial charge in [-0.3, -0.25) is 0 Å². The van der Waals surface area contributed by atoms with E-state index in [0.717, 1.165) is 25.3 Å². The van der Waals surface area contributed by atoms with Crippen LogP contribution >= 0.6 is 0 Å². The average Bonchev–Trinajstić information content (AvgIpc) is 2.62. The zero-order valence-electron chi connectivity index (χ0n) is 8.90. The molecule has 1 aromatic heterocycles. The van der Waals surface area contributed by atoms with E-state index in [4.69, 9.17) is 5.11 Å². The van der Waals surface area contributed by atoms with Crippen molar-refractivity contribution in [1.82, 2.24) is 14.9 Å². The fourth-order valence-corrected chi connectivity index (χ4v) is 1.27. The van der Waals surface area contributed by atoms with Crippen molar-refractivity contribution >= 4 is 0 Å². The van der Waals surface area contributed by atoms with E-state index in [2.05, 4.69) is 17.2 Å². The van der Waals surface area contributed by atoms with E-state index >= 15 is 0 Å². The van der Waals surface area contributed by atoms with Gasteiger partial charge in [-0.25, -0.2) is 4.98 Å². The number of aliphatic hydroxyl groups is 1. The molecule has 0 bridgehead atoms. The summed E-state index contributed by atoms with van der Waals surface area (Å²) >= 11 is 0. The van der Waals surface area contributed by atoms with Crippen molar-refractivity contribution in [3.8, 4) is 0 Å². The Morgan fingerprint density at radius 2 is 2.43 bits per heavy atom. The summed E-state index contributed by atoms with van der Waals surface area (Å²) in [5.74, 6) is 0.288. The maximum Gasteiger partial charge on any atom is 0.0950 e. The second kappa shape index (κ2) is 5.78. The second-order valence-electron chi connectivity index (χ2n) is 3.63. The van der Waals surface area contributed by atoms with Gasteiger partial charge in [0.25, 0.3) is 0 Å². The zero-order chi connectivity index (χ0) is 10.4. The number of rotatable bonds is 6. The molecular formula is C10H19N3O. The molecule has 4 nitrogen and oxygen atoms in total. The smallest absolute Gasteiger partial charge is 0.0950 e. The molecule has 1 unspecified atom stereocenters. The SMILES string of the molecule is CCNCc1cn(CC(C)CO)cn1. The van der Waals surface area contributed by atoms with Gasteiger partial charge in [-0.1, -0.05) is 13.8 Å². The van der Waals surface area contributed by atoms with Crippen LogP contribution in [0.5, 0.6) is 0 Å². The molecule has 1 atom stereocenters. The minimum absolute atomic E-state index is 0.223. The van der Waals surface area contributed by atoms with E-state index in [-0.39, 0.29) is 12.5 Å². The third kappa shape index (κ3) is 3.47. The highest BCUT2D eigenvalue weighted by Crippen LogP contribution is 2.01. The molecule has 0 amide bonds. The largest absolute Gasteiger partial charge is 0.396 e. The van der Waals surface area contributed by atoms with Gasteiger partial charge in [-0.2, -0.15) is 0 Å². The number of nitrogens with zero attached hydrogens (tertiary/aromatic N) is 2. The zero-order valence-corrected chi connectivity index (χ0v) is 8.90. The van der Waals surface area contributed by atoms with Crippen LogP contribution in [0.1, 0.15) is 19.5 Å². The molecule has 1 aromatic rings. The lowest BCUT2D eigenvalue weighted by Gasteiger charge is -2.07. The summed E-state index contributed by atoms with van der Waals surface area (Å²) in [7, 11) is 0. The first-order chi connectivity index (χ1) is 6.76. The molecular weight excluding hydrogens is 178 g/mol. The highest BCUT2D eigenvalue weighted by molar-refractivity contribution is 4.96. The van der Waals surface area contributed by atoms with E-state index in [9.17, 15) is 0 Å². The van der Waals surface area contributed by atoms with Crippen LogP contribution in [-0.4, -0.2) is 27.8 Å². The van der Waals surface area contributed by atoms with Gasteiger partial charge in [0.1, 0.15) is 0 Å². The van der Waals surface area contributed by atoms with Crippen LogP contribution in [0.25, 0.3) is 0 Å². The molecule has 0 aliphatic rings. The maximum atomic E-state index is 8.90. The van der Waals surface area contributed by atoms with Gasteiger partial charge >= 0.3 is 0 Å². The third-order valence-corrected chi connectivity index (χ3v) is 2.08. The topological polar surface area (TPSA) is 50.1 Å². The summed E-state index contributed by atoms with van der Waals surface area (Å²) < 4.78 is 2.02. The fraction of sp³-hybridized carbons (Fsp3) is 0.700. The molecule has 0 aromatic carbocycles. The molecule has 1 rings (SSSR count). The lowest BCUT2D eigenvalue weighted by molar-refractivity contribution is 0.223. The Morgan fingerprint density at radius 3 is 3.07 bits per heavy atom. The van der Waals surface area contributed by atoms with Crippen LogP contribution in [0.3, 0.4) is 0 Å². The summed E-state index contributed by atoms with van der Waals surface area (Å²) in [5, 5.41) is 12.1. The van der Waals surface area contributed by atoms with Crippen molar-refractivity contribution in [2.24, 2.45) is 5.92 Å². The highest BCUT2D eigenvalue weighted by Gasteiger charge is 2.02. The Labute approximate surface area is 85.0 Å². The molecule has 0 radical (unpaired) electrons. The number of hydrogen-bond acceptors (Lipinski definition) is 3. The van der Waals surface area contributed by atoms with Gasteiger partial charge in [0, 0.05) is 25.9 Å². The number of imidazole rings is 1. The van der Waals surface area contributed by atoms with E-state index in [0.29, 0.717) is 0 Å². The van der Waals surface area contributed by atoms with Gasteiger partial charge in [-0.05, 0) is 12.5 Å². The normalized spacial score (nSPS) is 13.1. The van der Waals surface area contributed by atoms with E-state index in [1.165, 1.54) is 0 Å². The predicted molar refractivity (Wildman–Crippen MR) is 55.9 cm³/mol. The minimum Gasteiger partial charge on any atom is -0.396 e. The van der Waals surface area contributed by atoms with Gasteiger partial charge in [-0.15, -0.1) is 0 Å². The van der Waals surface area contributed by atoms with Crippen molar-refractivity contribution in [3.05, 3.63) is 18.2 Å². The summed E-state index contributed by atoms with van der Waals surface area (Å²) in [6.45, 7) is 6.92. The number of aromatic nitrogens is 2. The monoisotopic (exact) mass is 197 g/mol. The van der Waals surface area contributed by atoms with Crippen molar-refractivity contribution in [3.63, 3.8) is 0 Å². The summed E-state index contributed by atoms with van der Waals surface area (Å²) in [5.41, 5.74) is 1.05. The van der Waals surface area contributed by atoms with Gasteiger partial charge in [0.05, 0.1) is 12.0 Å². The van der Waals surface area contributed by atoms with Crippen LogP contribution in [0.4, 0.5) is 0 Å². The number of aliphatic hydroxyl groups excluding tert-OH is 1. The lowest BCUT2D eigenvalue weighted by atomic mass is 10.2. The van der Waals surface area contributed by atoms with Crippen LogP contribution in [0.15, 0.2) is 12.5 Å². The molecule has 1 heterocycles. The second-order valence-corrected chi connectivity index (χ2v) is 3.63. The quantitative estimate of drug-likeness (QED) is 0.703. The molecule has 0 spiro atoms. The molecule has 80 valence electrons. The first kappa shape index (κ1) is 11.2. The number of hydrogen-bond donors (Lipinski definition) is 2. The van der Waals surface area contributed by atoms with Gasteiger partial charge in [0.2, 0.25) is 0 Å². The molecule has 4 heteroatoms. The highest BCUT2D eigenvalue weighted by atomic mass is 16.3. The van der Waals surface area contributed by atoms with E-state index in [1.807, 2.05) is 24.0 Å². The lowest BCUT2D eigenvalue weighted by Crippen LogP contribution is -2.12. The Balaban J connectivity index is 2.42.